The van der Waals surface area contributed by atoms with Crippen LogP contribution in [0.2, 0.25) is 0 Å². The van der Waals surface area contributed by atoms with Crippen molar-refractivity contribution in [3.8, 4) is 5.69 Å². The maximum Gasteiger partial charge on any atom is 0.251 e. The first-order valence-electron chi connectivity index (χ1n) is 9.53. The molecular weight excluding hydrogens is 354 g/mol. The van der Waals surface area contributed by atoms with Crippen molar-refractivity contribution in [3.05, 3.63) is 59.5 Å². The molecule has 8 heteroatoms. The van der Waals surface area contributed by atoms with Crippen molar-refractivity contribution < 1.29 is 4.79 Å². The van der Waals surface area contributed by atoms with Crippen LogP contribution in [0.25, 0.3) is 5.69 Å². The summed E-state index contributed by atoms with van der Waals surface area (Å²) in [5, 5.41) is 14.2. The van der Waals surface area contributed by atoms with Gasteiger partial charge in [-0.15, -0.1) is 5.10 Å². The summed E-state index contributed by atoms with van der Waals surface area (Å²) in [4.78, 5) is 19.5. The first-order valence-corrected chi connectivity index (χ1v) is 9.53. The Morgan fingerprint density at radius 1 is 1.18 bits per heavy atom. The van der Waals surface area contributed by atoms with Gasteiger partial charge in [0, 0.05) is 37.0 Å². The van der Waals surface area contributed by atoms with E-state index in [1.165, 1.54) is 25.6 Å². The van der Waals surface area contributed by atoms with E-state index < -0.39 is 0 Å². The topological polar surface area (TPSA) is 88.8 Å². The number of benzene rings is 1. The van der Waals surface area contributed by atoms with Gasteiger partial charge in [0.25, 0.3) is 5.91 Å². The summed E-state index contributed by atoms with van der Waals surface area (Å²) in [5.74, 6) is 0.868. The van der Waals surface area contributed by atoms with Crippen LogP contribution in [0.4, 0.5) is 5.82 Å². The number of pyridine rings is 1. The van der Waals surface area contributed by atoms with E-state index in [9.17, 15) is 4.79 Å². The lowest BCUT2D eigenvalue weighted by Crippen LogP contribution is -2.32. The third-order valence-corrected chi connectivity index (χ3v) is 5.02. The molecule has 2 aromatic heterocycles. The van der Waals surface area contributed by atoms with E-state index in [1.807, 2.05) is 37.4 Å². The number of piperidine rings is 1. The lowest BCUT2D eigenvalue weighted by Gasteiger charge is -2.29. The second kappa shape index (κ2) is 8.16. The molecule has 0 unspecified atom stereocenters. The number of amides is 1. The first kappa shape index (κ1) is 18.1. The number of nitrogens with zero attached hydrogens (tertiary/aromatic N) is 6. The third-order valence-electron chi connectivity index (χ3n) is 5.02. The standard InChI is InChI=1S/C20H23N7O/c1-15-12-16(7-8-18(15)27-14-23-24-25-27)20(28)22-13-17-6-5-9-21-19(17)26-10-3-2-4-11-26/h5-9,12,14H,2-4,10-11,13H2,1H3,(H,22,28). The van der Waals surface area contributed by atoms with Gasteiger partial charge in [0.05, 0.1) is 5.69 Å². The lowest BCUT2D eigenvalue weighted by molar-refractivity contribution is 0.0951. The predicted octanol–water partition coefficient (Wildman–Crippen LogP) is 2.29. The van der Waals surface area contributed by atoms with Gasteiger partial charge >= 0.3 is 0 Å². The third kappa shape index (κ3) is 3.85. The van der Waals surface area contributed by atoms with Crippen molar-refractivity contribution in [2.24, 2.45) is 0 Å². The van der Waals surface area contributed by atoms with Gasteiger partial charge in [-0.2, -0.15) is 0 Å². The maximum absolute atomic E-state index is 12.7. The van der Waals surface area contributed by atoms with Crippen LogP contribution in [0, 0.1) is 6.92 Å². The van der Waals surface area contributed by atoms with E-state index >= 15 is 0 Å². The molecule has 0 radical (unpaired) electrons. The lowest BCUT2D eigenvalue weighted by atomic mass is 10.1. The van der Waals surface area contributed by atoms with Gasteiger partial charge in [0.15, 0.2) is 0 Å². The zero-order chi connectivity index (χ0) is 19.3. The van der Waals surface area contributed by atoms with Gasteiger partial charge in [-0.05, 0) is 66.4 Å². The Labute approximate surface area is 163 Å². The molecule has 1 fully saturated rings. The fraction of sp³-hybridized carbons (Fsp3) is 0.350. The molecule has 0 bridgehead atoms. The smallest absolute Gasteiger partial charge is 0.251 e. The molecule has 1 N–H and O–H groups in total. The average Bonchev–Trinajstić information content (AvgIpc) is 3.27. The van der Waals surface area contributed by atoms with Crippen LogP contribution in [0.1, 0.15) is 40.7 Å². The van der Waals surface area contributed by atoms with Crippen molar-refractivity contribution in [2.45, 2.75) is 32.7 Å². The molecule has 0 aliphatic carbocycles. The summed E-state index contributed by atoms with van der Waals surface area (Å²) < 4.78 is 1.58. The highest BCUT2D eigenvalue weighted by Gasteiger charge is 2.16. The van der Waals surface area contributed by atoms with E-state index in [0.717, 1.165) is 35.7 Å². The fourth-order valence-electron chi connectivity index (χ4n) is 3.56. The van der Waals surface area contributed by atoms with E-state index in [4.69, 9.17) is 0 Å². The number of hydrogen-bond acceptors (Lipinski definition) is 6. The maximum atomic E-state index is 12.7. The molecule has 0 atom stereocenters. The number of hydrogen-bond donors (Lipinski definition) is 1. The van der Waals surface area contributed by atoms with Gasteiger partial charge in [-0.1, -0.05) is 6.07 Å². The molecule has 0 spiro atoms. The number of aryl methyl sites for hydroxylation is 1. The van der Waals surface area contributed by atoms with Crippen LogP contribution in [0.5, 0.6) is 0 Å². The fourth-order valence-corrected chi connectivity index (χ4v) is 3.56. The molecule has 4 rings (SSSR count). The van der Waals surface area contributed by atoms with E-state index in [2.05, 4.69) is 30.7 Å². The summed E-state index contributed by atoms with van der Waals surface area (Å²) in [5.41, 5.74) is 3.43. The highest BCUT2D eigenvalue weighted by Crippen LogP contribution is 2.21. The zero-order valence-electron chi connectivity index (χ0n) is 15.9. The van der Waals surface area contributed by atoms with Gasteiger partial charge in [-0.3, -0.25) is 4.79 Å². The van der Waals surface area contributed by atoms with Gasteiger partial charge in [0.1, 0.15) is 12.1 Å². The minimum Gasteiger partial charge on any atom is -0.356 e. The van der Waals surface area contributed by atoms with Gasteiger partial charge < -0.3 is 10.2 Å². The molecule has 1 amide bonds. The normalized spacial score (nSPS) is 14.1. The SMILES string of the molecule is Cc1cc(C(=O)NCc2cccnc2N2CCCCC2)ccc1-n1cnnn1. The number of tetrazole rings is 1. The van der Waals surface area contributed by atoms with Crippen molar-refractivity contribution in [1.82, 2.24) is 30.5 Å². The van der Waals surface area contributed by atoms with E-state index in [0.29, 0.717) is 12.1 Å². The molecule has 3 aromatic rings. The van der Waals surface area contributed by atoms with E-state index in [-0.39, 0.29) is 5.91 Å². The quantitative estimate of drug-likeness (QED) is 0.734. The molecule has 1 aliphatic rings. The number of nitrogens with one attached hydrogen (secondary N) is 1. The first-order chi connectivity index (χ1) is 13.7. The molecule has 1 saturated heterocycles. The van der Waals surface area contributed by atoms with Crippen LogP contribution >= 0.6 is 0 Å². The Balaban J connectivity index is 1.46. The van der Waals surface area contributed by atoms with Gasteiger partial charge in [-0.25, -0.2) is 9.67 Å². The van der Waals surface area contributed by atoms with Crippen LogP contribution in [0.15, 0.2) is 42.9 Å². The van der Waals surface area contributed by atoms with Crippen LogP contribution in [-0.4, -0.2) is 44.2 Å². The minimum absolute atomic E-state index is 0.111. The van der Waals surface area contributed by atoms with Crippen molar-refractivity contribution in [2.75, 3.05) is 18.0 Å². The Morgan fingerprint density at radius 3 is 2.79 bits per heavy atom. The van der Waals surface area contributed by atoms with Crippen molar-refractivity contribution in [1.29, 1.82) is 0 Å². The number of carbonyl (C=O) groups excluding carboxylic acids is 1. The predicted molar refractivity (Wildman–Crippen MR) is 105 cm³/mol. The summed E-state index contributed by atoms with van der Waals surface area (Å²) in [6.07, 6.45) is 7.00. The second-order valence-corrected chi connectivity index (χ2v) is 6.97. The van der Waals surface area contributed by atoms with Crippen LogP contribution in [0.3, 0.4) is 0 Å². The molecule has 8 nitrogen and oxygen atoms in total. The van der Waals surface area contributed by atoms with Gasteiger partial charge in [0.2, 0.25) is 0 Å². The van der Waals surface area contributed by atoms with Crippen LogP contribution < -0.4 is 10.2 Å². The summed E-state index contributed by atoms with van der Waals surface area (Å²) in [7, 11) is 0. The number of rotatable bonds is 5. The highest BCUT2D eigenvalue weighted by atomic mass is 16.1. The minimum atomic E-state index is -0.111. The molecule has 1 aromatic carbocycles. The summed E-state index contributed by atoms with van der Waals surface area (Å²) >= 11 is 0. The molecule has 1 aliphatic heterocycles. The largest absolute Gasteiger partial charge is 0.356 e. The Bertz CT molecular complexity index is 949. The number of aromatic nitrogens is 5. The second-order valence-electron chi connectivity index (χ2n) is 6.97. The zero-order valence-corrected chi connectivity index (χ0v) is 15.9. The monoisotopic (exact) mass is 377 g/mol. The van der Waals surface area contributed by atoms with Crippen molar-refractivity contribution in [3.63, 3.8) is 0 Å². The van der Waals surface area contributed by atoms with E-state index in [1.54, 1.807) is 10.7 Å². The molecule has 3 heterocycles. The molecule has 0 saturated carbocycles. The van der Waals surface area contributed by atoms with Crippen LogP contribution in [-0.2, 0) is 6.54 Å². The number of carbonyl (C=O) groups is 1. The highest BCUT2D eigenvalue weighted by molar-refractivity contribution is 5.94. The molecule has 144 valence electrons. The Kier molecular flexibility index (Phi) is 5.27. The Morgan fingerprint density at radius 2 is 2.04 bits per heavy atom. The number of anilines is 1. The molecular formula is C20H23N7O. The average molecular weight is 377 g/mol. The van der Waals surface area contributed by atoms with Crippen molar-refractivity contribution >= 4 is 11.7 Å². The summed E-state index contributed by atoms with van der Waals surface area (Å²) in [6.45, 7) is 4.43. The molecule has 28 heavy (non-hydrogen) atoms. The Hall–Kier alpha value is -3.29. The summed E-state index contributed by atoms with van der Waals surface area (Å²) in [6, 6.07) is 9.43.